The Morgan fingerprint density at radius 2 is 1.86 bits per heavy atom. The molecule has 0 amide bonds. The zero-order chi connectivity index (χ0) is 20.1. The maximum Gasteiger partial charge on any atom is 0.305 e. The van der Waals surface area contributed by atoms with Gasteiger partial charge in [0.05, 0.1) is 13.2 Å². The van der Waals surface area contributed by atoms with Crippen LogP contribution in [0, 0.1) is 46.3 Å². The average molecular weight is 391 g/mol. The summed E-state index contributed by atoms with van der Waals surface area (Å²) in [7, 11) is 1.47. The van der Waals surface area contributed by atoms with Gasteiger partial charge in [0.1, 0.15) is 0 Å². The number of fused-ring (bicyclic) bond motifs is 5. The lowest BCUT2D eigenvalue weighted by atomic mass is 9.44. The van der Waals surface area contributed by atoms with E-state index in [1.54, 1.807) is 0 Å². The van der Waals surface area contributed by atoms with Crippen LogP contribution in [0.25, 0.3) is 0 Å². The Morgan fingerprint density at radius 3 is 2.61 bits per heavy atom. The molecule has 0 aromatic heterocycles. The zero-order valence-corrected chi connectivity index (χ0v) is 18.6. The van der Waals surface area contributed by atoms with E-state index >= 15 is 0 Å². The SMILES string of the molecule is COC(=O)CC[C@@H](C)[C@H]1C(O)C[C@H]2[C@@H]3CCC4CCCC[C@]4(C)[C@H]3CC[C@]12C. The number of carbonyl (C=O) groups is 1. The van der Waals surface area contributed by atoms with Crippen molar-refractivity contribution in [1.29, 1.82) is 0 Å². The molecule has 0 radical (unpaired) electrons. The number of ether oxygens (including phenoxy) is 1. The minimum Gasteiger partial charge on any atom is -0.469 e. The molecule has 9 atom stereocenters. The fraction of sp³-hybridized carbons (Fsp3) is 0.960. The minimum atomic E-state index is -0.196. The van der Waals surface area contributed by atoms with Gasteiger partial charge in [0.25, 0.3) is 0 Å². The van der Waals surface area contributed by atoms with Crippen LogP contribution in [0.1, 0.15) is 91.4 Å². The maximum absolute atomic E-state index is 11.6. The van der Waals surface area contributed by atoms with Crippen molar-refractivity contribution in [2.24, 2.45) is 46.3 Å². The summed E-state index contributed by atoms with van der Waals surface area (Å²) in [5.74, 6) is 3.90. The third-order valence-electron chi connectivity index (χ3n) is 10.3. The van der Waals surface area contributed by atoms with Gasteiger partial charge in [0, 0.05) is 6.42 Å². The Balaban J connectivity index is 1.53. The number of aliphatic hydroxyl groups is 1. The van der Waals surface area contributed by atoms with Crippen molar-refractivity contribution in [3.63, 3.8) is 0 Å². The second kappa shape index (κ2) is 7.60. The third-order valence-corrected chi connectivity index (χ3v) is 10.3. The molecule has 0 spiro atoms. The van der Waals surface area contributed by atoms with E-state index in [1.165, 1.54) is 58.5 Å². The van der Waals surface area contributed by atoms with E-state index in [0.29, 0.717) is 29.6 Å². The van der Waals surface area contributed by atoms with Gasteiger partial charge < -0.3 is 9.84 Å². The molecule has 0 saturated heterocycles. The van der Waals surface area contributed by atoms with Crippen molar-refractivity contribution in [2.45, 2.75) is 97.5 Å². The van der Waals surface area contributed by atoms with Gasteiger partial charge in [0.15, 0.2) is 0 Å². The van der Waals surface area contributed by atoms with Crippen LogP contribution in [0.3, 0.4) is 0 Å². The molecule has 0 aliphatic heterocycles. The highest BCUT2D eigenvalue weighted by Crippen LogP contribution is 2.68. The fourth-order valence-electron chi connectivity index (χ4n) is 9.00. The summed E-state index contributed by atoms with van der Waals surface area (Å²) in [5, 5.41) is 11.1. The van der Waals surface area contributed by atoms with E-state index in [2.05, 4.69) is 20.8 Å². The van der Waals surface area contributed by atoms with Gasteiger partial charge in [0.2, 0.25) is 0 Å². The molecule has 0 heterocycles. The van der Waals surface area contributed by atoms with Crippen LogP contribution in [-0.4, -0.2) is 24.3 Å². The number of hydrogen-bond donors (Lipinski definition) is 1. The third kappa shape index (κ3) is 3.15. The van der Waals surface area contributed by atoms with Crippen molar-refractivity contribution in [2.75, 3.05) is 7.11 Å². The predicted octanol–water partition coefficient (Wildman–Crippen LogP) is 5.60. The Morgan fingerprint density at radius 1 is 1.07 bits per heavy atom. The molecule has 4 saturated carbocycles. The summed E-state index contributed by atoms with van der Waals surface area (Å²) < 4.78 is 4.85. The van der Waals surface area contributed by atoms with Crippen molar-refractivity contribution >= 4 is 5.97 Å². The van der Waals surface area contributed by atoms with Crippen LogP contribution >= 0.6 is 0 Å². The van der Waals surface area contributed by atoms with Crippen molar-refractivity contribution in [3.8, 4) is 0 Å². The topological polar surface area (TPSA) is 46.5 Å². The van der Waals surface area contributed by atoms with Gasteiger partial charge >= 0.3 is 5.97 Å². The molecule has 2 unspecified atom stereocenters. The molecule has 0 bridgehead atoms. The zero-order valence-electron chi connectivity index (χ0n) is 18.6. The number of aliphatic hydroxyl groups excluding tert-OH is 1. The molecule has 0 aromatic rings. The van der Waals surface area contributed by atoms with Gasteiger partial charge in [-0.1, -0.05) is 33.6 Å². The lowest BCUT2D eigenvalue weighted by molar-refractivity contribution is -0.141. The van der Waals surface area contributed by atoms with E-state index < -0.39 is 0 Å². The number of esters is 1. The number of carbonyl (C=O) groups excluding carboxylic acids is 1. The fourth-order valence-corrected chi connectivity index (χ4v) is 9.00. The smallest absolute Gasteiger partial charge is 0.305 e. The summed E-state index contributed by atoms with van der Waals surface area (Å²) in [4.78, 5) is 11.6. The second-order valence-corrected chi connectivity index (χ2v) is 11.4. The first-order valence-corrected chi connectivity index (χ1v) is 12.1. The molecular weight excluding hydrogens is 348 g/mol. The highest BCUT2D eigenvalue weighted by Gasteiger charge is 2.62. The van der Waals surface area contributed by atoms with E-state index in [-0.39, 0.29) is 17.5 Å². The normalized spacial score (nSPS) is 48.9. The quantitative estimate of drug-likeness (QED) is 0.636. The van der Waals surface area contributed by atoms with Crippen LogP contribution in [0.4, 0.5) is 0 Å². The van der Waals surface area contributed by atoms with Crippen LogP contribution in [0.5, 0.6) is 0 Å². The first-order chi connectivity index (χ1) is 13.3. The van der Waals surface area contributed by atoms with E-state index in [1.807, 2.05) is 0 Å². The lowest BCUT2D eigenvalue weighted by Crippen LogP contribution is -2.53. The molecule has 1 N–H and O–H groups in total. The molecule has 28 heavy (non-hydrogen) atoms. The lowest BCUT2D eigenvalue weighted by Gasteiger charge is -2.60. The van der Waals surface area contributed by atoms with Gasteiger partial charge in [-0.15, -0.1) is 0 Å². The molecule has 4 aliphatic rings. The molecule has 0 aromatic carbocycles. The van der Waals surface area contributed by atoms with Gasteiger partial charge in [-0.25, -0.2) is 0 Å². The summed E-state index contributed by atoms with van der Waals surface area (Å²) in [6, 6.07) is 0. The molecule has 4 rings (SSSR count). The molecule has 4 aliphatic carbocycles. The summed E-state index contributed by atoms with van der Waals surface area (Å²) in [5.41, 5.74) is 0.802. The molecule has 160 valence electrons. The first-order valence-electron chi connectivity index (χ1n) is 12.1. The largest absolute Gasteiger partial charge is 0.469 e. The predicted molar refractivity (Wildman–Crippen MR) is 112 cm³/mol. The van der Waals surface area contributed by atoms with Crippen LogP contribution < -0.4 is 0 Å². The van der Waals surface area contributed by atoms with Crippen LogP contribution in [-0.2, 0) is 9.53 Å². The van der Waals surface area contributed by atoms with E-state index in [9.17, 15) is 9.90 Å². The van der Waals surface area contributed by atoms with Gasteiger partial charge in [-0.3, -0.25) is 4.79 Å². The van der Waals surface area contributed by atoms with E-state index in [4.69, 9.17) is 4.74 Å². The second-order valence-electron chi connectivity index (χ2n) is 11.4. The highest BCUT2D eigenvalue weighted by molar-refractivity contribution is 5.69. The van der Waals surface area contributed by atoms with Gasteiger partial charge in [-0.05, 0) is 97.7 Å². The minimum absolute atomic E-state index is 0.117. The molecule has 3 heteroatoms. The summed E-state index contributed by atoms with van der Waals surface area (Å²) in [6.07, 6.45) is 13.3. The Labute approximate surface area is 172 Å². The number of hydrogen-bond acceptors (Lipinski definition) is 3. The molecule has 4 fully saturated rings. The highest BCUT2D eigenvalue weighted by atomic mass is 16.5. The Bertz CT molecular complexity index is 588. The van der Waals surface area contributed by atoms with E-state index in [0.717, 1.165) is 30.6 Å². The Hall–Kier alpha value is -0.570. The monoisotopic (exact) mass is 390 g/mol. The van der Waals surface area contributed by atoms with Crippen LogP contribution in [0.2, 0.25) is 0 Å². The van der Waals surface area contributed by atoms with Crippen LogP contribution in [0.15, 0.2) is 0 Å². The standard InChI is InChI=1S/C25H42O3/c1-16(8-11-22(27)28-4)23-21(26)15-20-18-10-9-17-7-5-6-13-24(17,2)19(18)12-14-25(20,23)3/h16-21,23,26H,5-15H2,1-4H3/t16-,17?,18-,19+,20+,21?,23+,24+,25+/m1/s1. The summed E-state index contributed by atoms with van der Waals surface area (Å²) >= 11 is 0. The van der Waals surface area contributed by atoms with Gasteiger partial charge in [-0.2, -0.15) is 0 Å². The first kappa shape index (κ1) is 20.7. The molecular formula is C25H42O3. The number of methoxy groups -OCH3 is 1. The molecule has 3 nitrogen and oxygen atoms in total. The van der Waals surface area contributed by atoms with Crippen molar-refractivity contribution in [1.82, 2.24) is 0 Å². The van der Waals surface area contributed by atoms with Crippen molar-refractivity contribution in [3.05, 3.63) is 0 Å². The average Bonchev–Trinajstić information content (AvgIpc) is 2.95. The Kier molecular flexibility index (Phi) is 5.61. The van der Waals surface area contributed by atoms with Crippen molar-refractivity contribution < 1.29 is 14.6 Å². The summed E-state index contributed by atoms with van der Waals surface area (Å²) in [6.45, 7) is 7.37. The number of rotatable bonds is 4. The maximum atomic E-state index is 11.6.